The van der Waals surface area contributed by atoms with Crippen LogP contribution in [-0.4, -0.2) is 16.2 Å². The van der Waals surface area contributed by atoms with E-state index >= 15 is 0 Å². The monoisotopic (exact) mass is 237 g/mol. The van der Waals surface area contributed by atoms with Crippen LogP contribution in [0, 0.1) is 0 Å². The minimum Gasteiger partial charge on any atom is -0.317 e. The Kier molecular flexibility index (Phi) is 2.93. The Morgan fingerprint density at radius 2 is 1.94 bits per heavy atom. The van der Waals surface area contributed by atoms with Crippen LogP contribution in [0.1, 0.15) is 12.5 Å². The third-order valence-electron chi connectivity index (χ3n) is 2.71. The molecule has 5 heteroatoms. The highest BCUT2D eigenvalue weighted by molar-refractivity contribution is 5.36. The van der Waals surface area contributed by atoms with Crippen LogP contribution in [0.5, 0.6) is 0 Å². The molecule has 1 atom stereocenters. The summed E-state index contributed by atoms with van der Waals surface area (Å²) in [6, 6.07) is 8.43. The van der Waals surface area contributed by atoms with Gasteiger partial charge in [0.05, 0.1) is 11.2 Å². The number of aromatic nitrogens is 2. The summed E-state index contributed by atoms with van der Waals surface area (Å²) in [4.78, 5) is 0. The second-order valence-electron chi connectivity index (χ2n) is 4.08. The van der Waals surface area contributed by atoms with Gasteiger partial charge >= 0.3 is 0 Å². The summed E-state index contributed by atoms with van der Waals surface area (Å²) in [6.45, 7) is 1.32. The molecule has 2 aromatic rings. The van der Waals surface area contributed by atoms with Gasteiger partial charge in [0.1, 0.15) is 0 Å². The van der Waals surface area contributed by atoms with E-state index in [1.54, 1.807) is 47.4 Å². The van der Waals surface area contributed by atoms with E-state index in [4.69, 9.17) is 5.73 Å². The molecule has 0 spiro atoms. The molecular formula is C12H13F2N3. The Morgan fingerprint density at radius 3 is 2.41 bits per heavy atom. The molecule has 1 aromatic heterocycles. The molecule has 1 unspecified atom stereocenters. The van der Waals surface area contributed by atoms with E-state index in [0.717, 1.165) is 5.69 Å². The minimum absolute atomic E-state index is 0.406. The summed E-state index contributed by atoms with van der Waals surface area (Å²) < 4.78 is 27.1. The summed E-state index contributed by atoms with van der Waals surface area (Å²) >= 11 is 0. The van der Waals surface area contributed by atoms with Gasteiger partial charge in [-0.1, -0.05) is 12.1 Å². The highest BCUT2D eigenvalue weighted by atomic mass is 19.3. The first kappa shape index (κ1) is 11.7. The van der Waals surface area contributed by atoms with Crippen LogP contribution in [0.2, 0.25) is 0 Å². The first-order chi connectivity index (χ1) is 8.01. The number of nitrogens with two attached hydrogens (primary N) is 1. The van der Waals surface area contributed by atoms with Gasteiger partial charge in [-0.15, -0.1) is 0 Å². The lowest BCUT2D eigenvalue weighted by atomic mass is 9.94. The predicted octanol–water partition coefficient (Wildman–Crippen LogP) is 2.31. The second-order valence-corrected chi connectivity index (χ2v) is 4.08. The highest BCUT2D eigenvalue weighted by Gasteiger charge is 2.32. The van der Waals surface area contributed by atoms with Crippen LogP contribution < -0.4 is 5.73 Å². The van der Waals surface area contributed by atoms with Crippen LogP contribution in [-0.2, 0) is 5.54 Å². The number of alkyl halides is 2. The van der Waals surface area contributed by atoms with Crippen LogP contribution in [0.3, 0.4) is 0 Å². The first-order valence-corrected chi connectivity index (χ1v) is 5.19. The van der Waals surface area contributed by atoms with Crippen molar-refractivity contribution >= 4 is 0 Å². The second kappa shape index (κ2) is 4.25. The molecule has 1 heterocycles. The zero-order valence-electron chi connectivity index (χ0n) is 9.35. The topological polar surface area (TPSA) is 43.8 Å². The molecule has 2 N–H and O–H groups in total. The fraction of sp³-hybridized carbons (Fsp3) is 0.250. The number of nitrogens with zero attached hydrogens (tertiary/aromatic N) is 2. The zero-order chi connectivity index (χ0) is 12.5. The van der Waals surface area contributed by atoms with Crippen LogP contribution >= 0.6 is 0 Å². The Hall–Kier alpha value is -1.75. The average molecular weight is 237 g/mol. The molecule has 0 aliphatic heterocycles. The fourth-order valence-electron chi connectivity index (χ4n) is 1.52. The highest BCUT2D eigenvalue weighted by Crippen LogP contribution is 2.25. The quantitative estimate of drug-likeness (QED) is 0.890. The summed E-state index contributed by atoms with van der Waals surface area (Å²) in [5, 5.41) is 4.05. The van der Waals surface area contributed by atoms with Crippen molar-refractivity contribution in [1.29, 1.82) is 0 Å². The summed E-state index contributed by atoms with van der Waals surface area (Å²) in [6.07, 6.45) is 0.835. The number of rotatable bonds is 3. The van der Waals surface area contributed by atoms with Gasteiger partial charge in [-0.05, 0) is 30.7 Å². The normalized spacial score (nSPS) is 14.9. The van der Waals surface area contributed by atoms with Crippen molar-refractivity contribution in [1.82, 2.24) is 9.78 Å². The van der Waals surface area contributed by atoms with Gasteiger partial charge in [-0.3, -0.25) is 0 Å². The Bertz CT molecular complexity index is 475. The number of hydrogen-bond acceptors (Lipinski definition) is 2. The minimum atomic E-state index is -2.60. The zero-order valence-corrected chi connectivity index (χ0v) is 9.35. The molecular weight excluding hydrogens is 224 g/mol. The molecule has 0 fully saturated rings. The van der Waals surface area contributed by atoms with Gasteiger partial charge in [-0.25, -0.2) is 13.5 Å². The average Bonchev–Trinajstić information content (AvgIpc) is 2.82. The van der Waals surface area contributed by atoms with Gasteiger partial charge < -0.3 is 5.73 Å². The van der Waals surface area contributed by atoms with Crippen LogP contribution in [0.4, 0.5) is 8.78 Å². The van der Waals surface area contributed by atoms with E-state index in [-0.39, 0.29) is 0 Å². The molecule has 0 radical (unpaired) electrons. The Balaban J connectivity index is 2.31. The predicted molar refractivity (Wildman–Crippen MR) is 61.1 cm³/mol. The molecule has 0 amide bonds. The van der Waals surface area contributed by atoms with Crippen LogP contribution in [0.15, 0.2) is 42.7 Å². The van der Waals surface area contributed by atoms with Gasteiger partial charge in [0, 0.05) is 12.4 Å². The lowest BCUT2D eigenvalue weighted by Crippen LogP contribution is -2.40. The van der Waals surface area contributed by atoms with Gasteiger partial charge in [0.15, 0.2) is 0 Å². The van der Waals surface area contributed by atoms with Crippen molar-refractivity contribution in [3.8, 4) is 5.69 Å². The van der Waals surface area contributed by atoms with Crippen molar-refractivity contribution < 1.29 is 8.78 Å². The third kappa shape index (κ3) is 2.19. The number of hydrogen-bond donors (Lipinski definition) is 1. The lowest BCUT2D eigenvalue weighted by molar-refractivity contribution is 0.0625. The van der Waals surface area contributed by atoms with E-state index in [2.05, 4.69) is 5.10 Å². The summed E-state index contributed by atoms with van der Waals surface area (Å²) in [5.74, 6) is 0. The molecule has 0 aliphatic rings. The van der Waals surface area contributed by atoms with E-state index < -0.39 is 12.0 Å². The van der Waals surface area contributed by atoms with Crippen molar-refractivity contribution in [2.45, 2.75) is 18.9 Å². The Labute approximate surface area is 97.9 Å². The third-order valence-corrected chi connectivity index (χ3v) is 2.71. The van der Waals surface area contributed by atoms with Gasteiger partial charge in [0.25, 0.3) is 6.43 Å². The van der Waals surface area contributed by atoms with Crippen molar-refractivity contribution in [2.24, 2.45) is 5.73 Å². The molecule has 0 aliphatic carbocycles. The van der Waals surface area contributed by atoms with E-state index in [1.165, 1.54) is 6.92 Å². The van der Waals surface area contributed by atoms with Crippen LogP contribution in [0.25, 0.3) is 5.69 Å². The van der Waals surface area contributed by atoms with Gasteiger partial charge in [0.2, 0.25) is 0 Å². The van der Waals surface area contributed by atoms with Crippen molar-refractivity contribution in [3.63, 3.8) is 0 Å². The molecule has 0 saturated heterocycles. The lowest BCUT2D eigenvalue weighted by Gasteiger charge is -2.24. The van der Waals surface area contributed by atoms with E-state index in [1.807, 2.05) is 0 Å². The molecule has 2 rings (SSSR count). The van der Waals surface area contributed by atoms with Crippen molar-refractivity contribution in [3.05, 3.63) is 48.3 Å². The van der Waals surface area contributed by atoms with Crippen molar-refractivity contribution in [2.75, 3.05) is 0 Å². The first-order valence-electron chi connectivity index (χ1n) is 5.19. The molecule has 17 heavy (non-hydrogen) atoms. The van der Waals surface area contributed by atoms with Gasteiger partial charge in [-0.2, -0.15) is 5.10 Å². The molecule has 3 nitrogen and oxygen atoms in total. The molecule has 0 saturated carbocycles. The maximum absolute atomic E-state index is 12.7. The SMILES string of the molecule is CC(N)(c1ccc(-n2cccn2)cc1)C(F)F. The number of halogens is 2. The smallest absolute Gasteiger partial charge is 0.260 e. The fourth-order valence-corrected chi connectivity index (χ4v) is 1.52. The number of benzene rings is 1. The maximum atomic E-state index is 12.7. The Morgan fingerprint density at radius 1 is 1.29 bits per heavy atom. The molecule has 0 bridgehead atoms. The summed E-state index contributed by atoms with van der Waals surface area (Å²) in [5.41, 5.74) is 5.17. The maximum Gasteiger partial charge on any atom is 0.260 e. The van der Waals surface area contributed by atoms with E-state index in [9.17, 15) is 8.78 Å². The standard InChI is InChI=1S/C12H13F2N3/c1-12(15,11(13)14)9-3-5-10(6-4-9)17-8-2-7-16-17/h2-8,11H,15H2,1H3. The molecule has 1 aromatic carbocycles. The molecule has 90 valence electrons. The van der Waals surface area contributed by atoms with E-state index in [0.29, 0.717) is 5.56 Å². The largest absolute Gasteiger partial charge is 0.317 e. The summed E-state index contributed by atoms with van der Waals surface area (Å²) in [7, 11) is 0.